The maximum absolute atomic E-state index is 12.2. The average Bonchev–Trinajstić information content (AvgIpc) is 3.11. The summed E-state index contributed by atoms with van der Waals surface area (Å²) in [4.78, 5) is 28.5. The molecule has 1 aliphatic heterocycles. The van der Waals surface area contributed by atoms with Crippen molar-refractivity contribution in [2.24, 2.45) is 4.99 Å². The van der Waals surface area contributed by atoms with Crippen LogP contribution in [0.1, 0.15) is 21.5 Å². The monoisotopic (exact) mass is 339 g/mol. The predicted octanol–water partition coefficient (Wildman–Crippen LogP) is 2.32. The highest BCUT2D eigenvalue weighted by atomic mass is 32.2. The van der Waals surface area contributed by atoms with Gasteiger partial charge in [-0.25, -0.2) is 0 Å². The molecule has 0 aliphatic carbocycles. The Balaban J connectivity index is 1.58. The third kappa shape index (κ3) is 3.83. The first kappa shape index (κ1) is 16.3. The lowest BCUT2D eigenvalue weighted by molar-refractivity contribution is -0.122. The second-order valence-corrected chi connectivity index (χ2v) is 6.45. The van der Waals surface area contributed by atoms with Crippen molar-refractivity contribution in [3.8, 4) is 0 Å². The highest BCUT2D eigenvalue weighted by Gasteiger charge is 2.26. The van der Waals surface area contributed by atoms with E-state index in [0.717, 1.165) is 10.6 Å². The topological polar surface area (TPSA) is 70.6 Å². The predicted molar refractivity (Wildman–Crippen MR) is 96.0 cm³/mol. The van der Waals surface area contributed by atoms with Gasteiger partial charge in [0.15, 0.2) is 0 Å². The second-order valence-electron chi connectivity index (χ2n) is 5.44. The van der Waals surface area contributed by atoms with Crippen LogP contribution in [0.15, 0.2) is 59.6 Å². The quantitative estimate of drug-likeness (QED) is 0.843. The van der Waals surface area contributed by atoms with E-state index in [4.69, 9.17) is 0 Å². The van der Waals surface area contributed by atoms with Gasteiger partial charge in [-0.15, -0.1) is 11.8 Å². The van der Waals surface area contributed by atoms with Gasteiger partial charge in [0.25, 0.3) is 11.8 Å². The van der Waals surface area contributed by atoms with Crippen LogP contribution in [0.25, 0.3) is 0 Å². The van der Waals surface area contributed by atoms with Crippen molar-refractivity contribution >= 4 is 28.6 Å². The van der Waals surface area contributed by atoms with Gasteiger partial charge < -0.3 is 0 Å². The van der Waals surface area contributed by atoms with Crippen molar-refractivity contribution < 1.29 is 9.59 Å². The molecule has 1 atom stereocenters. The van der Waals surface area contributed by atoms with E-state index in [1.807, 2.05) is 37.3 Å². The van der Waals surface area contributed by atoms with E-state index in [1.54, 1.807) is 36.0 Å². The van der Waals surface area contributed by atoms with Gasteiger partial charge in [0, 0.05) is 16.9 Å². The van der Waals surface area contributed by atoms with Crippen molar-refractivity contribution in [3.05, 3.63) is 71.3 Å². The van der Waals surface area contributed by atoms with Crippen LogP contribution < -0.4 is 10.9 Å². The van der Waals surface area contributed by atoms with Crippen LogP contribution in [0.4, 0.5) is 0 Å². The summed E-state index contributed by atoms with van der Waals surface area (Å²) in [6, 6.07) is 16.3. The van der Waals surface area contributed by atoms with Gasteiger partial charge in [-0.1, -0.05) is 48.0 Å². The molecule has 1 unspecified atom stereocenters. The first-order valence-electron chi connectivity index (χ1n) is 7.56. The molecule has 0 radical (unpaired) electrons. The van der Waals surface area contributed by atoms with E-state index in [2.05, 4.69) is 15.8 Å². The normalized spacial score (nSPS) is 16.4. The zero-order chi connectivity index (χ0) is 16.9. The summed E-state index contributed by atoms with van der Waals surface area (Å²) in [5, 5.41) is 0.851. The smallest absolute Gasteiger partial charge is 0.269 e. The largest absolute Gasteiger partial charge is 0.271 e. The Morgan fingerprint density at radius 3 is 2.46 bits per heavy atom. The zero-order valence-corrected chi connectivity index (χ0v) is 14.0. The molecule has 2 amide bonds. The highest BCUT2D eigenvalue weighted by Crippen LogP contribution is 2.23. The number of hydrogen-bond donors (Lipinski definition) is 2. The number of aryl methyl sites for hydroxylation is 1. The Morgan fingerprint density at radius 2 is 1.75 bits per heavy atom. The summed E-state index contributed by atoms with van der Waals surface area (Å²) in [7, 11) is 0. The molecular formula is C18H17N3O2S. The fourth-order valence-corrected chi connectivity index (χ4v) is 3.27. The maximum atomic E-state index is 12.2. The number of nitrogens with one attached hydrogen (secondary N) is 2. The van der Waals surface area contributed by atoms with Crippen molar-refractivity contribution in [3.63, 3.8) is 0 Å². The van der Waals surface area contributed by atoms with Gasteiger partial charge in [-0.3, -0.25) is 25.4 Å². The van der Waals surface area contributed by atoms with Gasteiger partial charge in [0.05, 0.1) is 5.04 Å². The van der Waals surface area contributed by atoms with Crippen LogP contribution in [0.5, 0.6) is 0 Å². The molecule has 2 aromatic carbocycles. The third-order valence-corrected chi connectivity index (χ3v) is 4.68. The van der Waals surface area contributed by atoms with Gasteiger partial charge in [0.1, 0.15) is 6.04 Å². The number of amides is 2. The number of hydrogen-bond acceptors (Lipinski definition) is 4. The highest BCUT2D eigenvalue weighted by molar-refractivity contribution is 8.14. The lowest BCUT2D eigenvalue weighted by atomic mass is 10.2. The number of carbonyl (C=O) groups is 2. The molecule has 0 saturated carbocycles. The Kier molecular flexibility index (Phi) is 4.96. The molecule has 1 heterocycles. The number of nitrogens with zero attached hydrogens (tertiary/aromatic N) is 1. The molecule has 1 aliphatic rings. The van der Waals surface area contributed by atoms with Crippen LogP contribution in [-0.2, 0) is 4.79 Å². The van der Waals surface area contributed by atoms with Gasteiger partial charge >= 0.3 is 0 Å². The first-order chi connectivity index (χ1) is 11.6. The fraction of sp³-hybridized carbons (Fsp3) is 0.167. The molecule has 0 bridgehead atoms. The minimum Gasteiger partial charge on any atom is -0.271 e. The number of hydrazine groups is 1. The zero-order valence-electron chi connectivity index (χ0n) is 13.2. The summed E-state index contributed by atoms with van der Waals surface area (Å²) in [5.74, 6) is -0.0952. The standard InChI is InChI=1S/C18H17N3O2S/c1-12-7-9-14(10-8-12)18-19-15(11-24-18)17(23)21-20-16(22)13-5-3-2-4-6-13/h2-10,15H,11H2,1H3,(H,20,22)(H,21,23). The molecule has 2 N–H and O–H groups in total. The summed E-state index contributed by atoms with van der Waals surface area (Å²) in [5.41, 5.74) is 7.54. The van der Waals surface area contributed by atoms with Gasteiger partial charge in [-0.2, -0.15) is 0 Å². The lowest BCUT2D eigenvalue weighted by Crippen LogP contribution is -2.46. The Morgan fingerprint density at radius 1 is 1.04 bits per heavy atom. The van der Waals surface area contributed by atoms with E-state index in [9.17, 15) is 9.59 Å². The molecule has 0 aromatic heterocycles. The molecule has 3 rings (SSSR count). The molecule has 6 heteroatoms. The lowest BCUT2D eigenvalue weighted by Gasteiger charge is -2.09. The number of benzene rings is 2. The maximum Gasteiger partial charge on any atom is 0.269 e. The van der Waals surface area contributed by atoms with E-state index in [0.29, 0.717) is 11.3 Å². The minimum absolute atomic E-state index is 0.311. The molecule has 2 aromatic rings. The Labute approximate surface area is 144 Å². The number of aliphatic imine (C=N–C) groups is 1. The van der Waals surface area contributed by atoms with Crippen molar-refractivity contribution in [2.75, 3.05) is 5.75 Å². The Bertz CT molecular complexity index is 773. The minimum atomic E-state index is -0.498. The summed E-state index contributed by atoms with van der Waals surface area (Å²) >= 11 is 1.54. The van der Waals surface area contributed by atoms with Gasteiger partial charge in [-0.05, 0) is 19.1 Å². The van der Waals surface area contributed by atoms with Crippen LogP contribution >= 0.6 is 11.8 Å². The molecule has 0 saturated heterocycles. The van der Waals surface area contributed by atoms with Crippen molar-refractivity contribution in [1.82, 2.24) is 10.9 Å². The summed E-state index contributed by atoms with van der Waals surface area (Å²) < 4.78 is 0. The average molecular weight is 339 g/mol. The van der Waals surface area contributed by atoms with Crippen LogP contribution in [-0.4, -0.2) is 28.7 Å². The van der Waals surface area contributed by atoms with Crippen LogP contribution in [0, 0.1) is 6.92 Å². The number of carbonyl (C=O) groups excluding carboxylic acids is 2. The Hall–Kier alpha value is -2.60. The molecular weight excluding hydrogens is 322 g/mol. The van der Waals surface area contributed by atoms with E-state index >= 15 is 0 Å². The third-order valence-electron chi connectivity index (χ3n) is 3.59. The van der Waals surface area contributed by atoms with Crippen molar-refractivity contribution in [2.45, 2.75) is 13.0 Å². The summed E-state index contributed by atoms with van der Waals surface area (Å²) in [6.07, 6.45) is 0. The van der Waals surface area contributed by atoms with E-state index in [1.165, 1.54) is 5.56 Å². The van der Waals surface area contributed by atoms with Crippen LogP contribution in [0.2, 0.25) is 0 Å². The van der Waals surface area contributed by atoms with E-state index < -0.39 is 6.04 Å². The molecule has 0 fully saturated rings. The second kappa shape index (κ2) is 7.31. The molecule has 5 nitrogen and oxygen atoms in total. The molecule has 122 valence electrons. The van der Waals surface area contributed by atoms with Gasteiger partial charge in [0.2, 0.25) is 0 Å². The van der Waals surface area contributed by atoms with Crippen molar-refractivity contribution in [1.29, 1.82) is 0 Å². The molecule has 24 heavy (non-hydrogen) atoms. The van der Waals surface area contributed by atoms with E-state index in [-0.39, 0.29) is 11.8 Å². The first-order valence-corrected chi connectivity index (χ1v) is 8.55. The SMILES string of the molecule is Cc1ccc(C2=NC(C(=O)NNC(=O)c3ccccc3)CS2)cc1. The summed E-state index contributed by atoms with van der Waals surface area (Å²) in [6.45, 7) is 2.03. The molecule has 0 spiro atoms. The fourth-order valence-electron chi connectivity index (χ4n) is 2.23. The van der Waals surface area contributed by atoms with Crippen LogP contribution in [0.3, 0.4) is 0 Å². The number of rotatable bonds is 3. The number of thioether (sulfide) groups is 1.